The summed E-state index contributed by atoms with van der Waals surface area (Å²) in [5.41, 5.74) is 6.74. The topological polar surface area (TPSA) is 55.9 Å². The van der Waals surface area contributed by atoms with Gasteiger partial charge in [0.15, 0.2) is 17.5 Å². The number of aromatic nitrogens is 2. The maximum Gasteiger partial charge on any atom is 0.161 e. The number of anilines is 3. The molecular weight excluding hydrogens is 269 g/mol. The molecule has 0 saturated carbocycles. The molecule has 0 saturated heterocycles. The number of hydrogen-bond acceptors (Lipinski definition) is 3. The lowest BCUT2D eigenvalue weighted by atomic mass is 10.1. The minimum atomic E-state index is -1.24. The predicted octanol–water partition coefficient (Wildman–Crippen LogP) is 3.29. The SMILES string of the molecule is CC(C)c1nn(C)c(Nc2cc(F)c(F)cc2F)c1N. The van der Waals surface area contributed by atoms with Crippen molar-refractivity contribution in [1.82, 2.24) is 9.78 Å². The fourth-order valence-corrected chi connectivity index (χ4v) is 1.88. The molecule has 0 aliphatic heterocycles. The zero-order valence-corrected chi connectivity index (χ0v) is 11.3. The van der Waals surface area contributed by atoms with E-state index < -0.39 is 17.5 Å². The van der Waals surface area contributed by atoms with Crippen molar-refractivity contribution in [3.05, 3.63) is 35.3 Å². The van der Waals surface area contributed by atoms with Gasteiger partial charge in [0.25, 0.3) is 0 Å². The molecule has 0 fully saturated rings. The van der Waals surface area contributed by atoms with Gasteiger partial charge in [-0.3, -0.25) is 4.68 Å². The lowest BCUT2D eigenvalue weighted by Gasteiger charge is -2.09. The molecule has 1 heterocycles. The molecule has 108 valence electrons. The smallest absolute Gasteiger partial charge is 0.161 e. The lowest BCUT2D eigenvalue weighted by Crippen LogP contribution is -2.04. The first-order valence-electron chi connectivity index (χ1n) is 6.05. The van der Waals surface area contributed by atoms with E-state index in [0.29, 0.717) is 23.3 Å². The van der Waals surface area contributed by atoms with Gasteiger partial charge in [-0.15, -0.1) is 0 Å². The molecule has 0 radical (unpaired) electrons. The Kier molecular flexibility index (Phi) is 3.61. The molecule has 0 spiro atoms. The largest absolute Gasteiger partial charge is 0.394 e. The van der Waals surface area contributed by atoms with E-state index in [0.717, 1.165) is 6.07 Å². The number of nitrogen functional groups attached to an aromatic ring is 1. The van der Waals surface area contributed by atoms with Gasteiger partial charge in [-0.25, -0.2) is 13.2 Å². The number of benzene rings is 1. The number of nitrogens with zero attached hydrogens (tertiary/aromatic N) is 2. The van der Waals surface area contributed by atoms with Crippen molar-refractivity contribution >= 4 is 17.2 Å². The van der Waals surface area contributed by atoms with Gasteiger partial charge in [0.2, 0.25) is 0 Å². The van der Waals surface area contributed by atoms with E-state index in [9.17, 15) is 13.2 Å². The third-order valence-corrected chi connectivity index (χ3v) is 2.92. The Morgan fingerprint density at radius 1 is 1.15 bits per heavy atom. The Morgan fingerprint density at radius 3 is 2.30 bits per heavy atom. The number of nitrogens with two attached hydrogens (primary N) is 1. The van der Waals surface area contributed by atoms with Crippen molar-refractivity contribution in [2.75, 3.05) is 11.1 Å². The predicted molar refractivity (Wildman–Crippen MR) is 71.3 cm³/mol. The van der Waals surface area contributed by atoms with Crippen LogP contribution in [0, 0.1) is 17.5 Å². The van der Waals surface area contributed by atoms with Crippen LogP contribution in [-0.2, 0) is 7.05 Å². The van der Waals surface area contributed by atoms with Gasteiger partial charge >= 0.3 is 0 Å². The quantitative estimate of drug-likeness (QED) is 0.850. The maximum atomic E-state index is 13.6. The summed E-state index contributed by atoms with van der Waals surface area (Å²) >= 11 is 0. The molecule has 0 amide bonds. The number of rotatable bonds is 3. The summed E-state index contributed by atoms with van der Waals surface area (Å²) < 4.78 is 41.1. The minimum Gasteiger partial charge on any atom is -0.394 e. The molecule has 0 aliphatic carbocycles. The Balaban J connectivity index is 2.43. The molecule has 20 heavy (non-hydrogen) atoms. The van der Waals surface area contributed by atoms with E-state index in [1.54, 1.807) is 7.05 Å². The highest BCUT2D eigenvalue weighted by atomic mass is 19.2. The molecule has 3 N–H and O–H groups in total. The molecule has 2 aromatic rings. The average molecular weight is 284 g/mol. The minimum absolute atomic E-state index is 0.0894. The fraction of sp³-hybridized carbons (Fsp3) is 0.308. The summed E-state index contributed by atoms with van der Waals surface area (Å²) in [6, 6.07) is 1.22. The standard InChI is InChI=1S/C13H15F3N4/c1-6(2)12-11(17)13(20(3)19-12)18-10-5-8(15)7(14)4-9(10)16/h4-6,18H,17H2,1-3H3. The van der Waals surface area contributed by atoms with Crippen LogP contribution in [0.1, 0.15) is 25.5 Å². The molecular formula is C13H15F3N4. The maximum absolute atomic E-state index is 13.6. The summed E-state index contributed by atoms with van der Waals surface area (Å²) in [6.07, 6.45) is 0. The van der Waals surface area contributed by atoms with Crippen LogP contribution >= 0.6 is 0 Å². The molecule has 2 rings (SSSR count). The Hall–Kier alpha value is -2.18. The van der Waals surface area contributed by atoms with Crippen LogP contribution in [0.4, 0.5) is 30.4 Å². The van der Waals surface area contributed by atoms with Crippen LogP contribution < -0.4 is 11.1 Å². The monoisotopic (exact) mass is 284 g/mol. The van der Waals surface area contributed by atoms with E-state index in [4.69, 9.17) is 5.73 Å². The third-order valence-electron chi connectivity index (χ3n) is 2.92. The van der Waals surface area contributed by atoms with E-state index in [1.807, 2.05) is 13.8 Å². The highest BCUT2D eigenvalue weighted by molar-refractivity contribution is 5.72. The van der Waals surface area contributed by atoms with Crippen molar-refractivity contribution in [2.45, 2.75) is 19.8 Å². The first kappa shape index (κ1) is 14.2. The summed E-state index contributed by atoms with van der Waals surface area (Å²) in [4.78, 5) is 0. The molecule has 1 aromatic heterocycles. The number of aryl methyl sites for hydroxylation is 1. The van der Waals surface area contributed by atoms with Crippen LogP contribution in [0.3, 0.4) is 0 Å². The van der Waals surface area contributed by atoms with Crippen LogP contribution in [0.25, 0.3) is 0 Å². The summed E-state index contributed by atoms with van der Waals surface area (Å²) in [6.45, 7) is 3.83. The summed E-state index contributed by atoms with van der Waals surface area (Å²) in [5, 5.41) is 6.86. The van der Waals surface area contributed by atoms with E-state index in [1.165, 1.54) is 4.68 Å². The molecule has 4 nitrogen and oxygen atoms in total. The van der Waals surface area contributed by atoms with Crippen LogP contribution in [0.5, 0.6) is 0 Å². The second-order valence-electron chi connectivity index (χ2n) is 4.80. The van der Waals surface area contributed by atoms with Gasteiger partial charge in [-0.1, -0.05) is 13.8 Å². The van der Waals surface area contributed by atoms with Crippen molar-refractivity contribution < 1.29 is 13.2 Å². The zero-order chi connectivity index (χ0) is 15.0. The summed E-state index contributed by atoms with van der Waals surface area (Å²) in [5.74, 6) is -2.87. The number of hydrogen-bond donors (Lipinski definition) is 2. The number of halogens is 3. The van der Waals surface area contributed by atoms with E-state index in [2.05, 4.69) is 10.4 Å². The van der Waals surface area contributed by atoms with Gasteiger partial charge in [-0.05, 0) is 5.92 Å². The Labute approximate surface area is 114 Å². The highest BCUT2D eigenvalue weighted by Gasteiger charge is 2.18. The van der Waals surface area contributed by atoms with Crippen molar-refractivity contribution in [3.63, 3.8) is 0 Å². The van der Waals surface area contributed by atoms with Gasteiger partial charge in [0.05, 0.1) is 17.1 Å². The second kappa shape index (κ2) is 5.07. The van der Waals surface area contributed by atoms with E-state index >= 15 is 0 Å². The molecule has 7 heteroatoms. The molecule has 0 aliphatic rings. The lowest BCUT2D eigenvalue weighted by molar-refractivity contribution is 0.496. The van der Waals surface area contributed by atoms with Gasteiger partial charge in [0, 0.05) is 19.2 Å². The average Bonchev–Trinajstić information content (AvgIpc) is 2.63. The van der Waals surface area contributed by atoms with Gasteiger partial charge < -0.3 is 11.1 Å². The Morgan fingerprint density at radius 2 is 1.75 bits per heavy atom. The van der Waals surface area contributed by atoms with Crippen molar-refractivity contribution in [3.8, 4) is 0 Å². The van der Waals surface area contributed by atoms with Crippen molar-refractivity contribution in [1.29, 1.82) is 0 Å². The second-order valence-corrected chi connectivity index (χ2v) is 4.80. The third kappa shape index (κ3) is 2.43. The summed E-state index contributed by atoms with van der Waals surface area (Å²) in [7, 11) is 1.63. The molecule has 0 unspecified atom stereocenters. The van der Waals surface area contributed by atoms with E-state index in [-0.39, 0.29) is 11.6 Å². The number of nitrogens with one attached hydrogen (secondary N) is 1. The zero-order valence-electron chi connectivity index (χ0n) is 11.3. The highest BCUT2D eigenvalue weighted by Crippen LogP contribution is 2.31. The van der Waals surface area contributed by atoms with Crippen LogP contribution in [-0.4, -0.2) is 9.78 Å². The molecule has 1 aromatic carbocycles. The fourth-order valence-electron chi connectivity index (χ4n) is 1.88. The first-order chi connectivity index (χ1) is 9.31. The molecule has 0 bridgehead atoms. The van der Waals surface area contributed by atoms with Gasteiger partial charge in [0.1, 0.15) is 5.82 Å². The van der Waals surface area contributed by atoms with Crippen LogP contribution in [0.2, 0.25) is 0 Å². The molecule has 0 atom stereocenters. The normalized spacial score (nSPS) is 11.2. The van der Waals surface area contributed by atoms with Crippen LogP contribution in [0.15, 0.2) is 12.1 Å². The first-order valence-corrected chi connectivity index (χ1v) is 6.05. The van der Waals surface area contributed by atoms with Crippen molar-refractivity contribution in [2.24, 2.45) is 7.05 Å². The van der Waals surface area contributed by atoms with Gasteiger partial charge in [-0.2, -0.15) is 5.10 Å². The Bertz CT molecular complexity index is 650.